The molecule has 31 heavy (non-hydrogen) atoms. The maximum absolute atomic E-state index is 14.0. The molecule has 8 heteroatoms. The van der Waals surface area contributed by atoms with Crippen molar-refractivity contribution in [1.29, 1.82) is 0 Å². The Morgan fingerprint density at radius 2 is 1.77 bits per heavy atom. The van der Waals surface area contributed by atoms with Crippen molar-refractivity contribution in [2.45, 2.75) is 10.9 Å². The number of aromatic nitrogens is 3. The second kappa shape index (κ2) is 7.63. The number of fused-ring (bicyclic) bond motifs is 6. The number of thioether (sulfide) groups is 1. The van der Waals surface area contributed by atoms with Gasteiger partial charge in [-0.2, -0.15) is 0 Å². The number of imidazole rings is 1. The number of methoxy groups -OCH3 is 2. The lowest BCUT2D eigenvalue weighted by Gasteiger charge is -2.07. The van der Waals surface area contributed by atoms with Gasteiger partial charge >= 0.3 is 0 Å². The van der Waals surface area contributed by atoms with Gasteiger partial charge in [0.2, 0.25) is 0 Å². The molecule has 0 amide bonds. The minimum atomic E-state index is -0.391. The molecule has 6 nitrogen and oxygen atoms in total. The number of benzene rings is 3. The Balaban J connectivity index is 1.62. The van der Waals surface area contributed by atoms with Crippen LogP contribution in [0.15, 0.2) is 58.6 Å². The zero-order valence-corrected chi connectivity index (χ0v) is 17.6. The third-order valence-corrected chi connectivity index (χ3v) is 6.15. The first-order chi connectivity index (χ1) is 15.1. The van der Waals surface area contributed by atoms with Crippen molar-refractivity contribution < 1.29 is 13.9 Å². The molecule has 0 spiro atoms. The highest BCUT2D eigenvalue weighted by Gasteiger charge is 2.16. The summed E-state index contributed by atoms with van der Waals surface area (Å²) in [6.45, 7) is 0. The Morgan fingerprint density at radius 1 is 1.00 bits per heavy atom. The molecule has 0 atom stereocenters. The first kappa shape index (κ1) is 19.4. The second-order valence-electron chi connectivity index (χ2n) is 7.06. The average molecular weight is 435 g/mol. The lowest BCUT2D eigenvalue weighted by molar-refractivity contribution is 0.393. The van der Waals surface area contributed by atoms with Crippen molar-refractivity contribution in [3.63, 3.8) is 0 Å². The Kier molecular flexibility index (Phi) is 4.78. The van der Waals surface area contributed by atoms with Crippen LogP contribution in [0.2, 0.25) is 0 Å². The van der Waals surface area contributed by atoms with E-state index in [4.69, 9.17) is 14.5 Å². The number of hydrogen-bond acceptors (Lipinski definition) is 5. The molecule has 0 aliphatic carbocycles. The number of ether oxygens (including phenoxy) is 2. The fourth-order valence-corrected chi connectivity index (χ4v) is 4.60. The van der Waals surface area contributed by atoms with Crippen LogP contribution in [0.1, 0.15) is 5.56 Å². The van der Waals surface area contributed by atoms with E-state index in [1.54, 1.807) is 32.5 Å². The van der Waals surface area contributed by atoms with Crippen LogP contribution in [-0.2, 0) is 5.75 Å². The molecule has 0 fully saturated rings. The first-order valence-electron chi connectivity index (χ1n) is 9.54. The van der Waals surface area contributed by atoms with Gasteiger partial charge in [-0.3, -0.25) is 4.79 Å². The van der Waals surface area contributed by atoms with Crippen molar-refractivity contribution in [2.24, 2.45) is 0 Å². The number of aromatic amines is 2. The molecule has 156 valence electrons. The minimum Gasteiger partial charge on any atom is -0.497 e. The Hall–Kier alpha value is -3.52. The quantitative estimate of drug-likeness (QED) is 0.300. The van der Waals surface area contributed by atoms with Gasteiger partial charge in [0, 0.05) is 34.2 Å². The van der Waals surface area contributed by atoms with Gasteiger partial charge in [0.1, 0.15) is 17.3 Å². The zero-order valence-electron chi connectivity index (χ0n) is 16.8. The molecule has 0 radical (unpaired) electrons. The van der Waals surface area contributed by atoms with Crippen LogP contribution < -0.4 is 15.0 Å². The predicted molar refractivity (Wildman–Crippen MR) is 121 cm³/mol. The minimum absolute atomic E-state index is 0.268. The van der Waals surface area contributed by atoms with Crippen molar-refractivity contribution >= 4 is 44.3 Å². The monoisotopic (exact) mass is 435 g/mol. The Morgan fingerprint density at radius 3 is 2.52 bits per heavy atom. The van der Waals surface area contributed by atoms with E-state index in [1.165, 1.54) is 23.9 Å². The summed E-state index contributed by atoms with van der Waals surface area (Å²) in [6.07, 6.45) is 1.58. The molecule has 0 aliphatic rings. The van der Waals surface area contributed by atoms with Gasteiger partial charge in [-0.25, -0.2) is 9.37 Å². The van der Waals surface area contributed by atoms with Gasteiger partial charge < -0.3 is 19.4 Å². The number of nitrogens with one attached hydrogen (secondary N) is 2. The van der Waals surface area contributed by atoms with Crippen LogP contribution in [0.3, 0.4) is 0 Å². The molecule has 2 N–H and O–H groups in total. The maximum atomic E-state index is 14.0. The summed E-state index contributed by atoms with van der Waals surface area (Å²) in [5, 5.41) is 3.13. The fraction of sp³-hybridized carbons (Fsp3) is 0.130. The molecule has 0 saturated heterocycles. The van der Waals surface area contributed by atoms with Crippen LogP contribution in [-0.4, -0.2) is 29.2 Å². The summed E-state index contributed by atoms with van der Waals surface area (Å²) in [4.78, 5) is 23.3. The number of rotatable bonds is 5. The lowest BCUT2D eigenvalue weighted by atomic mass is 10.0. The van der Waals surface area contributed by atoms with E-state index >= 15 is 0 Å². The fourth-order valence-electron chi connectivity index (χ4n) is 3.80. The average Bonchev–Trinajstić information content (AvgIpc) is 3.22. The highest BCUT2D eigenvalue weighted by atomic mass is 32.2. The van der Waals surface area contributed by atoms with Gasteiger partial charge in [-0.05, 0) is 42.0 Å². The summed E-state index contributed by atoms with van der Waals surface area (Å²) < 4.78 is 24.6. The lowest BCUT2D eigenvalue weighted by Crippen LogP contribution is -2.05. The van der Waals surface area contributed by atoms with Crippen LogP contribution in [0.25, 0.3) is 32.6 Å². The van der Waals surface area contributed by atoms with Crippen LogP contribution in [0.4, 0.5) is 4.39 Å². The van der Waals surface area contributed by atoms with E-state index in [1.807, 2.05) is 18.2 Å². The van der Waals surface area contributed by atoms with Crippen LogP contribution in [0.5, 0.6) is 11.5 Å². The number of H-pyrrole nitrogens is 2. The normalized spacial score (nSPS) is 11.5. The largest absolute Gasteiger partial charge is 0.497 e. The molecule has 0 bridgehead atoms. The van der Waals surface area contributed by atoms with E-state index in [9.17, 15) is 9.18 Å². The van der Waals surface area contributed by atoms with Gasteiger partial charge in [-0.1, -0.05) is 11.8 Å². The molecule has 5 rings (SSSR count). The van der Waals surface area contributed by atoms with E-state index in [-0.39, 0.29) is 5.56 Å². The van der Waals surface area contributed by atoms with Gasteiger partial charge in [0.25, 0.3) is 5.56 Å². The third kappa shape index (κ3) is 3.38. The molecule has 3 aromatic carbocycles. The van der Waals surface area contributed by atoms with E-state index < -0.39 is 5.82 Å². The van der Waals surface area contributed by atoms with Gasteiger partial charge in [0.05, 0.1) is 30.6 Å². The van der Waals surface area contributed by atoms with E-state index in [2.05, 4.69) is 9.97 Å². The summed E-state index contributed by atoms with van der Waals surface area (Å²) in [5.74, 6) is 1.69. The van der Waals surface area contributed by atoms with Gasteiger partial charge in [0.15, 0.2) is 5.16 Å². The predicted octanol–water partition coefficient (Wildman–Crippen LogP) is 5.01. The third-order valence-electron chi connectivity index (χ3n) is 5.21. The van der Waals surface area contributed by atoms with Gasteiger partial charge in [-0.15, -0.1) is 0 Å². The SMILES string of the molecule is COc1cc(CSc2nc3c4cc[nH]c(=O)c4c4cc(F)ccc4c3[nH]2)cc(OC)c1. The van der Waals surface area contributed by atoms with Crippen molar-refractivity contribution in [1.82, 2.24) is 15.0 Å². The molecule has 2 heterocycles. The van der Waals surface area contributed by atoms with Crippen molar-refractivity contribution in [2.75, 3.05) is 14.2 Å². The highest BCUT2D eigenvalue weighted by Crippen LogP contribution is 2.35. The first-order valence-corrected chi connectivity index (χ1v) is 10.5. The molecular formula is C23H18FN3O3S. The highest BCUT2D eigenvalue weighted by molar-refractivity contribution is 7.98. The summed E-state index contributed by atoms with van der Waals surface area (Å²) in [6, 6.07) is 12.0. The molecule has 2 aromatic heterocycles. The van der Waals surface area contributed by atoms with Crippen LogP contribution >= 0.6 is 11.8 Å². The maximum Gasteiger partial charge on any atom is 0.256 e. The summed E-state index contributed by atoms with van der Waals surface area (Å²) >= 11 is 1.52. The Bertz CT molecular complexity index is 1490. The summed E-state index contributed by atoms with van der Waals surface area (Å²) in [7, 11) is 3.23. The topological polar surface area (TPSA) is 80.0 Å². The number of nitrogens with zero attached hydrogens (tertiary/aromatic N) is 1. The van der Waals surface area contributed by atoms with Crippen molar-refractivity contribution in [3.8, 4) is 11.5 Å². The van der Waals surface area contributed by atoms with E-state index in [0.29, 0.717) is 32.6 Å². The molecule has 0 aliphatic heterocycles. The standard InChI is InChI=1S/C23H18FN3O3S/c1-29-14-7-12(8-15(10-14)30-2)11-31-23-26-20-16-4-3-13(24)9-18(16)19-17(21(20)27-23)5-6-25-22(19)28/h3-10H,11H2,1-2H3,(H,25,28)(H,26,27). The van der Waals surface area contributed by atoms with E-state index in [0.717, 1.165) is 28.0 Å². The second-order valence-corrected chi connectivity index (χ2v) is 8.02. The molecule has 5 aromatic rings. The smallest absolute Gasteiger partial charge is 0.256 e. The zero-order chi connectivity index (χ0) is 21.5. The molecule has 0 unspecified atom stereocenters. The molecular weight excluding hydrogens is 417 g/mol. The number of pyridine rings is 1. The van der Waals surface area contributed by atoms with Crippen molar-refractivity contribution in [3.05, 3.63) is 70.4 Å². The number of halogens is 1. The Labute approximate surface area is 180 Å². The number of hydrogen-bond donors (Lipinski definition) is 2. The molecule has 0 saturated carbocycles. The van der Waals surface area contributed by atoms with Crippen LogP contribution in [0, 0.1) is 5.82 Å². The summed E-state index contributed by atoms with van der Waals surface area (Å²) in [5.41, 5.74) is 2.22.